The standard InChI is InChI=1S/C15H17N3O3/c1-4-21-15(20)11-6-5-10-7-12-14(19)16-8(2)9(3)18(12)13(10)17-11/h5-9H,4H2,1-3H3,(H,16,19)/t8-,9-/m1/s1. The summed E-state index contributed by atoms with van der Waals surface area (Å²) in [5, 5.41) is 3.77. The molecule has 0 radical (unpaired) electrons. The Morgan fingerprint density at radius 3 is 2.90 bits per heavy atom. The number of carbonyl (C=O) groups is 2. The Balaban J connectivity index is 2.17. The molecule has 2 aromatic heterocycles. The number of fused-ring (bicyclic) bond motifs is 3. The quantitative estimate of drug-likeness (QED) is 0.856. The summed E-state index contributed by atoms with van der Waals surface area (Å²) in [5.74, 6) is -0.563. The zero-order chi connectivity index (χ0) is 15.1. The molecule has 1 amide bonds. The Hall–Kier alpha value is -2.37. The van der Waals surface area contributed by atoms with Gasteiger partial charge in [-0.15, -0.1) is 0 Å². The van der Waals surface area contributed by atoms with Crippen LogP contribution in [0.1, 0.15) is 47.8 Å². The largest absolute Gasteiger partial charge is 0.461 e. The van der Waals surface area contributed by atoms with Crippen LogP contribution in [0.5, 0.6) is 0 Å². The van der Waals surface area contributed by atoms with E-state index in [0.717, 1.165) is 5.39 Å². The summed E-state index contributed by atoms with van der Waals surface area (Å²) in [7, 11) is 0. The molecule has 1 aliphatic heterocycles. The van der Waals surface area contributed by atoms with Crippen molar-refractivity contribution in [2.24, 2.45) is 0 Å². The molecular formula is C15H17N3O3. The molecule has 0 aromatic carbocycles. The van der Waals surface area contributed by atoms with Crippen LogP contribution < -0.4 is 5.32 Å². The number of rotatable bonds is 2. The van der Waals surface area contributed by atoms with Gasteiger partial charge in [-0.1, -0.05) is 0 Å². The summed E-state index contributed by atoms with van der Waals surface area (Å²) in [6.45, 7) is 6.03. The van der Waals surface area contributed by atoms with E-state index in [1.165, 1.54) is 0 Å². The van der Waals surface area contributed by atoms with E-state index in [-0.39, 0.29) is 23.7 Å². The molecule has 0 spiro atoms. The number of nitrogens with one attached hydrogen (secondary N) is 1. The summed E-state index contributed by atoms with van der Waals surface area (Å²) >= 11 is 0. The first-order chi connectivity index (χ1) is 10.0. The van der Waals surface area contributed by atoms with Crippen LogP contribution in [-0.4, -0.2) is 34.1 Å². The van der Waals surface area contributed by atoms with E-state index < -0.39 is 5.97 Å². The number of esters is 1. The Morgan fingerprint density at radius 2 is 2.19 bits per heavy atom. The van der Waals surface area contributed by atoms with Crippen molar-refractivity contribution in [2.75, 3.05) is 6.61 Å². The summed E-state index contributed by atoms with van der Waals surface area (Å²) in [5.41, 5.74) is 1.48. The number of hydrogen-bond acceptors (Lipinski definition) is 4. The Morgan fingerprint density at radius 1 is 1.43 bits per heavy atom. The zero-order valence-corrected chi connectivity index (χ0v) is 12.2. The van der Waals surface area contributed by atoms with Gasteiger partial charge in [-0.05, 0) is 39.0 Å². The number of ether oxygens (including phenoxy) is 1. The van der Waals surface area contributed by atoms with Crippen molar-refractivity contribution in [1.82, 2.24) is 14.9 Å². The van der Waals surface area contributed by atoms with Gasteiger partial charge in [0.15, 0.2) is 5.69 Å². The highest BCUT2D eigenvalue weighted by Gasteiger charge is 2.30. The molecule has 0 unspecified atom stereocenters. The number of nitrogens with zero attached hydrogens (tertiary/aromatic N) is 2. The van der Waals surface area contributed by atoms with Crippen molar-refractivity contribution in [3.8, 4) is 0 Å². The summed E-state index contributed by atoms with van der Waals surface area (Å²) < 4.78 is 6.87. The van der Waals surface area contributed by atoms with E-state index in [9.17, 15) is 9.59 Å². The molecule has 2 atom stereocenters. The van der Waals surface area contributed by atoms with Crippen LogP contribution in [0.3, 0.4) is 0 Å². The third-order valence-electron chi connectivity index (χ3n) is 3.89. The fourth-order valence-electron chi connectivity index (χ4n) is 2.63. The van der Waals surface area contributed by atoms with Crippen LogP contribution in [-0.2, 0) is 4.74 Å². The molecule has 3 heterocycles. The lowest BCUT2D eigenvalue weighted by Crippen LogP contribution is -2.44. The van der Waals surface area contributed by atoms with Crippen molar-refractivity contribution >= 4 is 22.9 Å². The maximum absolute atomic E-state index is 12.1. The second-order valence-electron chi connectivity index (χ2n) is 5.23. The first-order valence-corrected chi connectivity index (χ1v) is 7.03. The fraction of sp³-hybridized carbons (Fsp3) is 0.400. The molecule has 6 nitrogen and oxygen atoms in total. The van der Waals surface area contributed by atoms with Crippen LogP contribution >= 0.6 is 0 Å². The normalized spacial score (nSPS) is 21.0. The summed E-state index contributed by atoms with van der Waals surface area (Å²) in [6.07, 6.45) is 0. The van der Waals surface area contributed by atoms with Crippen molar-refractivity contribution in [3.05, 3.63) is 29.6 Å². The first kappa shape index (κ1) is 13.6. The van der Waals surface area contributed by atoms with Crippen molar-refractivity contribution < 1.29 is 14.3 Å². The van der Waals surface area contributed by atoms with Gasteiger partial charge in [0.25, 0.3) is 5.91 Å². The smallest absolute Gasteiger partial charge is 0.356 e. The predicted octanol–water partition coefficient (Wildman–Crippen LogP) is 1.91. The molecule has 0 aliphatic carbocycles. The highest BCUT2D eigenvalue weighted by Crippen LogP contribution is 2.28. The van der Waals surface area contributed by atoms with E-state index in [1.807, 2.05) is 18.4 Å². The van der Waals surface area contributed by atoms with Crippen LogP contribution in [0.2, 0.25) is 0 Å². The highest BCUT2D eigenvalue weighted by molar-refractivity contribution is 6.00. The molecule has 0 saturated heterocycles. The number of hydrogen-bond donors (Lipinski definition) is 1. The molecule has 110 valence electrons. The maximum atomic E-state index is 12.1. The average molecular weight is 287 g/mol. The monoisotopic (exact) mass is 287 g/mol. The van der Waals surface area contributed by atoms with Gasteiger partial charge in [0.1, 0.15) is 11.3 Å². The lowest BCUT2D eigenvalue weighted by Gasteiger charge is -2.29. The second kappa shape index (κ2) is 4.87. The Labute approximate surface area is 122 Å². The highest BCUT2D eigenvalue weighted by atomic mass is 16.5. The first-order valence-electron chi connectivity index (χ1n) is 7.03. The molecule has 21 heavy (non-hydrogen) atoms. The van der Waals surface area contributed by atoms with Gasteiger partial charge >= 0.3 is 5.97 Å². The molecule has 3 rings (SSSR count). The Bertz CT molecular complexity index is 735. The lowest BCUT2D eigenvalue weighted by atomic mass is 10.1. The maximum Gasteiger partial charge on any atom is 0.356 e. The zero-order valence-electron chi connectivity index (χ0n) is 12.2. The molecule has 1 aliphatic rings. The molecule has 0 fully saturated rings. The number of aromatic nitrogens is 2. The number of amides is 1. The fourth-order valence-corrected chi connectivity index (χ4v) is 2.63. The SMILES string of the molecule is CCOC(=O)c1ccc2cc3n(c2n1)[C@H](C)[C@@H](C)NC3=O. The van der Waals surface area contributed by atoms with Gasteiger partial charge in [0, 0.05) is 11.4 Å². The summed E-state index contributed by atoms with van der Waals surface area (Å²) in [4.78, 5) is 28.3. The van der Waals surface area contributed by atoms with E-state index in [1.54, 1.807) is 25.1 Å². The molecule has 1 N–H and O–H groups in total. The van der Waals surface area contributed by atoms with Gasteiger partial charge in [0.05, 0.1) is 12.6 Å². The lowest BCUT2D eigenvalue weighted by molar-refractivity contribution is 0.0519. The molecule has 0 bridgehead atoms. The van der Waals surface area contributed by atoms with E-state index >= 15 is 0 Å². The third-order valence-corrected chi connectivity index (χ3v) is 3.89. The molecule has 2 aromatic rings. The topological polar surface area (TPSA) is 73.2 Å². The molecule has 0 saturated carbocycles. The Kier molecular flexibility index (Phi) is 3.16. The van der Waals surface area contributed by atoms with Crippen molar-refractivity contribution in [2.45, 2.75) is 32.9 Å². The van der Waals surface area contributed by atoms with E-state index in [0.29, 0.717) is 17.9 Å². The average Bonchev–Trinajstić information content (AvgIpc) is 2.84. The number of carbonyl (C=O) groups excluding carboxylic acids is 2. The molecular weight excluding hydrogens is 270 g/mol. The van der Waals surface area contributed by atoms with E-state index in [2.05, 4.69) is 10.3 Å². The van der Waals surface area contributed by atoms with E-state index in [4.69, 9.17) is 4.74 Å². The van der Waals surface area contributed by atoms with Gasteiger partial charge in [-0.3, -0.25) is 4.79 Å². The van der Waals surface area contributed by atoms with Crippen LogP contribution in [0.25, 0.3) is 11.0 Å². The van der Waals surface area contributed by atoms with Gasteiger partial charge in [-0.2, -0.15) is 0 Å². The summed E-state index contributed by atoms with van der Waals surface area (Å²) in [6, 6.07) is 5.30. The van der Waals surface area contributed by atoms with Crippen LogP contribution in [0.15, 0.2) is 18.2 Å². The van der Waals surface area contributed by atoms with Gasteiger partial charge in [0.2, 0.25) is 0 Å². The third kappa shape index (κ3) is 2.07. The minimum absolute atomic E-state index is 0.00801. The van der Waals surface area contributed by atoms with Crippen LogP contribution in [0, 0.1) is 0 Å². The van der Waals surface area contributed by atoms with Crippen LogP contribution in [0.4, 0.5) is 0 Å². The minimum Gasteiger partial charge on any atom is -0.461 e. The van der Waals surface area contributed by atoms with Gasteiger partial charge in [-0.25, -0.2) is 9.78 Å². The molecule has 6 heteroatoms. The minimum atomic E-state index is -0.448. The predicted molar refractivity (Wildman–Crippen MR) is 77.3 cm³/mol. The van der Waals surface area contributed by atoms with Crippen molar-refractivity contribution in [1.29, 1.82) is 0 Å². The van der Waals surface area contributed by atoms with Gasteiger partial charge < -0.3 is 14.6 Å². The van der Waals surface area contributed by atoms with Crippen molar-refractivity contribution in [3.63, 3.8) is 0 Å². The second-order valence-corrected chi connectivity index (χ2v) is 5.23. The number of pyridine rings is 1.